The van der Waals surface area contributed by atoms with Crippen LogP contribution in [0.5, 0.6) is 5.75 Å². The van der Waals surface area contributed by atoms with E-state index >= 15 is 0 Å². The predicted molar refractivity (Wildman–Crippen MR) is 128 cm³/mol. The van der Waals surface area contributed by atoms with Crippen LogP contribution in [0.15, 0.2) is 59.6 Å². The smallest absolute Gasteiger partial charge is 0.322 e. The van der Waals surface area contributed by atoms with E-state index in [1.54, 1.807) is 26.1 Å². The summed E-state index contributed by atoms with van der Waals surface area (Å²) in [4.78, 5) is 20.5. The van der Waals surface area contributed by atoms with Gasteiger partial charge in [-0.2, -0.15) is 0 Å². The minimum atomic E-state index is -1.33. The average molecular weight is 447 g/mol. The van der Waals surface area contributed by atoms with Gasteiger partial charge in [0.2, 0.25) is 5.72 Å². The molecule has 6 heteroatoms. The number of esters is 1. The van der Waals surface area contributed by atoms with Crippen LogP contribution >= 0.6 is 0 Å². The van der Waals surface area contributed by atoms with Gasteiger partial charge in [-0.25, -0.2) is 4.39 Å². The number of rotatable bonds is 4. The number of benzene rings is 3. The van der Waals surface area contributed by atoms with Crippen molar-refractivity contribution in [1.82, 2.24) is 0 Å². The fourth-order valence-corrected chi connectivity index (χ4v) is 5.07. The highest BCUT2D eigenvalue weighted by Crippen LogP contribution is 2.55. The van der Waals surface area contributed by atoms with Crippen LogP contribution in [0, 0.1) is 11.7 Å². The molecule has 0 radical (unpaired) electrons. The highest BCUT2D eigenvalue weighted by Gasteiger charge is 2.67. The van der Waals surface area contributed by atoms with Crippen molar-refractivity contribution in [1.29, 1.82) is 0 Å². The van der Waals surface area contributed by atoms with Crippen LogP contribution in [0.2, 0.25) is 0 Å². The Bertz CT molecular complexity index is 1290. The second kappa shape index (κ2) is 7.58. The van der Waals surface area contributed by atoms with E-state index in [0.717, 1.165) is 22.1 Å². The largest absolute Gasteiger partial charge is 0.465 e. The van der Waals surface area contributed by atoms with Gasteiger partial charge in [-0.15, -0.1) is 0 Å². The van der Waals surface area contributed by atoms with Crippen LogP contribution < -0.4 is 9.64 Å². The van der Waals surface area contributed by atoms with Crippen molar-refractivity contribution in [3.05, 3.63) is 66.0 Å². The zero-order chi connectivity index (χ0) is 23.4. The molecule has 0 N–H and O–H groups in total. The monoisotopic (exact) mass is 446 g/mol. The van der Waals surface area contributed by atoms with Crippen molar-refractivity contribution >= 4 is 34.3 Å². The van der Waals surface area contributed by atoms with Gasteiger partial charge >= 0.3 is 5.97 Å². The van der Waals surface area contributed by atoms with Crippen LogP contribution in [-0.2, 0) is 14.9 Å². The van der Waals surface area contributed by atoms with Crippen LogP contribution in [0.25, 0.3) is 10.8 Å². The van der Waals surface area contributed by atoms with Gasteiger partial charge in [0.05, 0.1) is 12.8 Å². The molecular formula is C27H27FN2O3. The van der Waals surface area contributed by atoms with Crippen LogP contribution in [-0.4, -0.2) is 31.1 Å². The number of anilines is 1. The van der Waals surface area contributed by atoms with Gasteiger partial charge in [-0.3, -0.25) is 9.79 Å². The number of aliphatic imine (C=N–C) groups is 1. The Balaban J connectivity index is 1.77. The molecule has 170 valence electrons. The molecular weight excluding hydrogens is 419 g/mol. The molecule has 2 atom stereocenters. The summed E-state index contributed by atoms with van der Waals surface area (Å²) < 4.78 is 26.8. The predicted octanol–water partition coefficient (Wildman–Crippen LogP) is 5.77. The molecule has 0 saturated carbocycles. The van der Waals surface area contributed by atoms with Crippen molar-refractivity contribution in [2.75, 3.05) is 18.1 Å². The summed E-state index contributed by atoms with van der Waals surface area (Å²) in [7, 11) is 0. The number of ether oxygens (including phenoxy) is 2. The summed E-state index contributed by atoms with van der Waals surface area (Å²) in [6.45, 7) is 8.51. The van der Waals surface area contributed by atoms with Gasteiger partial charge < -0.3 is 14.4 Å². The topological polar surface area (TPSA) is 51.1 Å². The first kappa shape index (κ1) is 21.4. The van der Waals surface area contributed by atoms with E-state index in [-0.39, 0.29) is 12.5 Å². The molecule has 3 aromatic rings. The molecule has 0 aliphatic carbocycles. The Kier molecular flexibility index (Phi) is 4.92. The van der Waals surface area contributed by atoms with Crippen LogP contribution in [0.4, 0.5) is 15.8 Å². The molecule has 2 aliphatic rings. The minimum absolute atomic E-state index is 0.206. The molecule has 1 spiro atoms. The Morgan fingerprint density at radius 2 is 1.97 bits per heavy atom. The molecule has 5 rings (SSSR count). The molecule has 33 heavy (non-hydrogen) atoms. The maximum Gasteiger partial charge on any atom is 0.322 e. The Labute approximate surface area is 192 Å². The first-order valence-electron chi connectivity index (χ1n) is 11.3. The molecule has 0 aromatic heterocycles. The summed E-state index contributed by atoms with van der Waals surface area (Å²) in [6, 6.07) is 16.4. The fourth-order valence-electron chi connectivity index (χ4n) is 5.07. The van der Waals surface area contributed by atoms with Crippen molar-refractivity contribution < 1.29 is 18.7 Å². The van der Waals surface area contributed by atoms with Gasteiger partial charge in [-0.1, -0.05) is 44.2 Å². The van der Waals surface area contributed by atoms with Gasteiger partial charge in [0, 0.05) is 23.2 Å². The van der Waals surface area contributed by atoms with Crippen molar-refractivity contribution in [3.63, 3.8) is 0 Å². The Morgan fingerprint density at radius 3 is 2.73 bits per heavy atom. The third kappa shape index (κ3) is 2.96. The molecule has 0 fully saturated rings. The molecule has 2 heterocycles. The first-order valence-corrected chi connectivity index (χ1v) is 11.3. The quantitative estimate of drug-likeness (QED) is 0.478. The van der Waals surface area contributed by atoms with E-state index in [0.29, 0.717) is 17.9 Å². The van der Waals surface area contributed by atoms with Crippen LogP contribution in [0.1, 0.15) is 33.3 Å². The van der Waals surface area contributed by atoms with E-state index in [1.807, 2.05) is 41.3 Å². The average Bonchev–Trinajstić information content (AvgIpc) is 2.99. The number of nitrogens with zero attached hydrogens (tertiary/aromatic N) is 2. The SMILES string of the molecule is CCOC(=O)C1(C)c2cc(F)ccc2N(CC(C)C)C12C=Nc1c(ccc3ccccc13)O2. The summed E-state index contributed by atoms with van der Waals surface area (Å²) >= 11 is 0. The lowest BCUT2D eigenvalue weighted by Crippen LogP contribution is -2.66. The van der Waals surface area contributed by atoms with Gasteiger partial charge in [0.15, 0.2) is 5.41 Å². The number of halogens is 1. The summed E-state index contributed by atoms with van der Waals surface area (Å²) in [5, 5.41) is 2.02. The molecule has 2 unspecified atom stereocenters. The second-order valence-corrected chi connectivity index (χ2v) is 9.20. The minimum Gasteiger partial charge on any atom is -0.465 e. The van der Waals surface area contributed by atoms with Crippen molar-refractivity contribution in [2.24, 2.45) is 10.9 Å². The number of carbonyl (C=O) groups is 1. The zero-order valence-corrected chi connectivity index (χ0v) is 19.3. The molecule has 3 aromatic carbocycles. The van der Waals surface area contributed by atoms with E-state index in [2.05, 4.69) is 13.8 Å². The third-order valence-electron chi connectivity index (χ3n) is 6.63. The lowest BCUT2D eigenvalue weighted by atomic mass is 9.75. The summed E-state index contributed by atoms with van der Waals surface area (Å²) in [6.07, 6.45) is 1.71. The number of hydrogen-bond acceptors (Lipinski definition) is 5. The first-order chi connectivity index (χ1) is 15.8. The number of carbonyl (C=O) groups excluding carboxylic acids is 1. The summed E-state index contributed by atoms with van der Waals surface area (Å²) in [5.41, 5.74) is -0.623. The number of fused-ring (bicyclic) bond motifs is 4. The standard InChI is InChI=1S/C27H27FN2O3/c1-5-32-25(31)26(4)21-14-19(28)11-12-22(21)30(15-17(2)3)27(26)16-29-24-20-9-7-6-8-18(20)10-13-23(24)33-27/h6-14,16-17H,5,15H2,1-4H3. The zero-order valence-electron chi connectivity index (χ0n) is 19.3. The van der Waals surface area contributed by atoms with Gasteiger partial charge in [0.1, 0.15) is 17.3 Å². The lowest BCUT2D eigenvalue weighted by molar-refractivity contribution is -0.155. The van der Waals surface area contributed by atoms with E-state index in [9.17, 15) is 9.18 Å². The lowest BCUT2D eigenvalue weighted by Gasteiger charge is -2.46. The molecule has 5 nitrogen and oxygen atoms in total. The highest BCUT2D eigenvalue weighted by molar-refractivity contribution is 6.03. The summed E-state index contributed by atoms with van der Waals surface area (Å²) in [5.74, 6) is -0.0585. The number of hydrogen-bond donors (Lipinski definition) is 0. The molecule has 2 aliphatic heterocycles. The van der Waals surface area contributed by atoms with Crippen molar-refractivity contribution in [2.45, 2.75) is 38.8 Å². The van der Waals surface area contributed by atoms with Gasteiger partial charge in [-0.05, 0) is 49.4 Å². The molecule has 0 saturated heterocycles. The molecule has 0 amide bonds. The van der Waals surface area contributed by atoms with Crippen molar-refractivity contribution in [3.8, 4) is 5.75 Å². The Morgan fingerprint density at radius 1 is 1.18 bits per heavy atom. The third-order valence-corrected chi connectivity index (χ3v) is 6.63. The highest BCUT2D eigenvalue weighted by atomic mass is 19.1. The maximum absolute atomic E-state index is 14.5. The Hall–Kier alpha value is -3.41. The normalized spacial score (nSPS) is 23.0. The maximum atomic E-state index is 14.5. The fraction of sp³-hybridized carbons (Fsp3) is 0.333. The van der Waals surface area contributed by atoms with Crippen LogP contribution in [0.3, 0.4) is 0 Å². The van der Waals surface area contributed by atoms with E-state index in [4.69, 9.17) is 14.5 Å². The second-order valence-electron chi connectivity index (χ2n) is 9.20. The van der Waals surface area contributed by atoms with Gasteiger partial charge in [0.25, 0.3) is 0 Å². The van der Waals surface area contributed by atoms with E-state index in [1.165, 1.54) is 12.1 Å². The van der Waals surface area contributed by atoms with E-state index < -0.39 is 22.9 Å². The molecule has 0 bridgehead atoms.